The standard InChI is InChI=1S/C27H34N4O3/c1-26(2,3)21-9-7-20(8-10-21)24-25(33)30-27(29-24)13-15-31(16-14-27)18-23(32)28-17-19-5-11-22(34-4)12-6-19/h5-12H,13-18H2,1-4H3,(H,28,32)(H,30,33). The summed E-state index contributed by atoms with van der Waals surface area (Å²) in [5.74, 6) is 0.670. The van der Waals surface area contributed by atoms with Crippen molar-refractivity contribution in [3.63, 3.8) is 0 Å². The molecule has 2 heterocycles. The Morgan fingerprint density at radius 1 is 1.09 bits per heavy atom. The molecule has 2 aromatic carbocycles. The topological polar surface area (TPSA) is 83.0 Å². The highest BCUT2D eigenvalue weighted by molar-refractivity contribution is 6.46. The van der Waals surface area contributed by atoms with Gasteiger partial charge >= 0.3 is 0 Å². The van der Waals surface area contributed by atoms with Crippen molar-refractivity contribution in [2.24, 2.45) is 4.99 Å². The molecule has 0 unspecified atom stereocenters. The Labute approximate surface area is 201 Å². The van der Waals surface area contributed by atoms with Crippen molar-refractivity contribution in [1.82, 2.24) is 15.5 Å². The van der Waals surface area contributed by atoms with E-state index in [0.717, 1.165) is 16.9 Å². The molecule has 2 aliphatic rings. The van der Waals surface area contributed by atoms with E-state index in [-0.39, 0.29) is 17.2 Å². The smallest absolute Gasteiger partial charge is 0.272 e. The second kappa shape index (κ2) is 9.58. The molecule has 7 heteroatoms. The molecule has 1 saturated heterocycles. The van der Waals surface area contributed by atoms with Crippen molar-refractivity contribution in [2.45, 2.75) is 51.2 Å². The molecule has 34 heavy (non-hydrogen) atoms. The molecule has 0 aliphatic carbocycles. The first kappa shape index (κ1) is 24.0. The lowest BCUT2D eigenvalue weighted by atomic mass is 9.86. The molecule has 7 nitrogen and oxygen atoms in total. The van der Waals surface area contributed by atoms with Gasteiger partial charge in [0.1, 0.15) is 17.1 Å². The van der Waals surface area contributed by atoms with E-state index in [1.165, 1.54) is 5.56 Å². The van der Waals surface area contributed by atoms with E-state index in [2.05, 4.69) is 48.4 Å². The summed E-state index contributed by atoms with van der Waals surface area (Å²) in [7, 11) is 1.63. The fourth-order valence-corrected chi connectivity index (χ4v) is 4.41. The average molecular weight is 463 g/mol. The van der Waals surface area contributed by atoms with Crippen molar-refractivity contribution >= 4 is 17.5 Å². The molecule has 1 spiro atoms. The number of carbonyl (C=O) groups excluding carboxylic acids is 2. The van der Waals surface area contributed by atoms with Crippen LogP contribution < -0.4 is 15.4 Å². The Balaban J connectivity index is 1.30. The predicted molar refractivity (Wildman–Crippen MR) is 133 cm³/mol. The molecule has 1 fully saturated rings. The van der Waals surface area contributed by atoms with Crippen molar-refractivity contribution in [3.8, 4) is 5.75 Å². The third-order valence-corrected chi connectivity index (χ3v) is 6.61. The van der Waals surface area contributed by atoms with Crippen LogP contribution in [-0.4, -0.2) is 54.8 Å². The minimum absolute atomic E-state index is 0.00893. The Hall–Kier alpha value is -3.19. The predicted octanol–water partition coefficient (Wildman–Crippen LogP) is 3.02. The molecular formula is C27H34N4O3. The fourth-order valence-electron chi connectivity index (χ4n) is 4.41. The number of piperidine rings is 1. The van der Waals surface area contributed by atoms with Crippen LogP contribution in [0.3, 0.4) is 0 Å². The van der Waals surface area contributed by atoms with Gasteiger partial charge in [-0.15, -0.1) is 0 Å². The van der Waals surface area contributed by atoms with Gasteiger partial charge in [0, 0.05) is 38.0 Å². The third-order valence-electron chi connectivity index (χ3n) is 6.61. The minimum Gasteiger partial charge on any atom is -0.497 e. The molecule has 0 saturated carbocycles. The Kier molecular flexibility index (Phi) is 6.75. The highest BCUT2D eigenvalue weighted by Gasteiger charge is 2.42. The number of amides is 2. The van der Waals surface area contributed by atoms with Gasteiger partial charge in [-0.3, -0.25) is 19.5 Å². The number of ether oxygens (including phenoxy) is 1. The Morgan fingerprint density at radius 3 is 2.32 bits per heavy atom. The summed E-state index contributed by atoms with van der Waals surface area (Å²) in [4.78, 5) is 32.1. The molecule has 0 atom stereocenters. The lowest BCUT2D eigenvalue weighted by molar-refractivity contribution is -0.123. The van der Waals surface area contributed by atoms with Crippen LogP contribution in [0.4, 0.5) is 0 Å². The van der Waals surface area contributed by atoms with E-state index >= 15 is 0 Å². The first-order valence-electron chi connectivity index (χ1n) is 11.8. The highest BCUT2D eigenvalue weighted by Crippen LogP contribution is 2.29. The maximum absolute atomic E-state index is 12.7. The van der Waals surface area contributed by atoms with E-state index in [4.69, 9.17) is 9.73 Å². The van der Waals surface area contributed by atoms with Crippen molar-refractivity contribution < 1.29 is 14.3 Å². The van der Waals surface area contributed by atoms with Crippen LogP contribution in [0.5, 0.6) is 5.75 Å². The molecule has 2 aromatic rings. The molecule has 0 aromatic heterocycles. The van der Waals surface area contributed by atoms with Gasteiger partial charge in [-0.1, -0.05) is 57.2 Å². The van der Waals surface area contributed by atoms with Crippen LogP contribution in [0, 0.1) is 0 Å². The zero-order valence-electron chi connectivity index (χ0n) is 20.5. The van der Waals surface area contributed by atoms with Gasteiger partial charge in [0.25, 0.3) is 5.91 Å². The first-order chi connectivity index (χ1) is 16.2. The zero-order chi connectivity index (χ0) is 24.3. The van der Waals surface area contributed by atoms with Crippen molar-refractivity contribution in [3.05, 3.63) is 65.2 Å². The number of benzene rings is 2. The number of likely N-dealkylation sites (tertiary alicyclic amines) is 1. The quantitative estimate of drug-likeness (QED) is 0.691. The van der Waals surface area contributed by atoms with E-state index < -0.39 is 5.66 Å². The monoisotopic (exact) mass is 462 g/mol. The van der Waals surface area contributed by atoms with Gasteiger partial charge in [-0.05, 0) is 28.7 Å². The zero-order valence-corrected chi connectivity index (χ0v) is 20.5. The minimum atomic E-state index is -0.564. The Bertz CT molecular complexity index is 1060. The van der Waals surface area contributed by atoms with E-state index in [0.29, 0.717) is 44.7 Å². The van der Waals surface area contributed by atoms with Crippen LogP contribution in [0.25, 0.3) is 0 Å². The summed E-state index contributed by atoms with van der Waals surface area (Å²) in [5, 5.41) is 6.09. The number of nitrogens with one attached hydrogen (secondary N) is 2. The van der Waals surface area contributed by atoms with Gasteiger partial charge in [0.05, 0.1) is 13.7 Å². The molecule has 2 aliphatic heterocycles. The van der Waals surface area contributed by atoms with E-state index in [1.807, 2.05) is 36.4 Å². The molecule has 2 N–H and O–H groups in total. The average Bonchev–Trinajstić information content (AvgIpc) is 3.15. The van der Waals surface area contributed by atoms with Crippen molar-refractivity contribution in [1.29, 1.82) is 0 Å². The molecule has 0 bridgehead atoms. The maximum atomic E-state index is 12.7. The van der Waals surface area contributed by atoms with Crippen LogP contribution >= 0.6 is 0 Å². The van der Waals surface area contributed by atoms with E-state index in [1.54, 1.807) is 7.11 Å². The molecule has 180 valence electrons. The number of methoxy groups -OCH3 is 1. The second-order valence-corrected chi connectivity index (χ2v) is 10.2. The lowest BCUT2D eigenvalue weighted by Gasteiger charge is -2.36. The maximum Gasteiger partial charge on any atom is 0.272 e. The van der Waals surface area contributed by atoms with Crippen LogP contribution in [-0.2, 0) is 21.5 Å². The van der Waals surface area contributed by atoms with Crippen LogP contribution in [0.15, 0.2) is 53.5 Å². The van der Waals surface area contributed by atoms with E-state index in [9.17, 15) is 9.59 Å². The summed E-state index contributed by atoms with van der Waals surface area (Å²) < 4.78 is 5.16. The Morgan fingerprint density at radius 2 is 1.74 bits per heavy atom. The first-order valence-corrected chi connectivity index (χ1v) is 11.8. The summed E-state index contributed by atoms with van der Waals surface area (Å²) in [5.41, 5.74) is 3.11. The number of hydrogen-bond donors (Lipinski definition) is 2. The summed E-state index contributed by atoms with van der Waals surface area (Å²) in [6, 6.07) is 15.8. The van der Waals surface area contributed by atoms with Gasteiger partial charge in [-0.25, -0.2) is 0 Å². The molecular weight excluding hydrogens is 428 g/mol. The fraction of sp³-hybridized carbons (Fsp3) is 0.444. The number of aliphatic imine (C=N–C) groups is 1. The summed E-state index contributed by atoms with van der Waals surface area (Å²) >= 11 is 0. The number of rotatable bonds is 6. The third kappa shape index (κ3) is 5.47. The van der Waals surface area contributed by atoms with Gasteiger partial charge < -0.3 is 15.4 Å². The summed E-state index contributed by atoms with van der Waals surface area (Å²) in [6.45, 7) is 8.74. The molecule has 0 radical (unpaired) electrons. The molecule has 4 rings (SSSR count). The van der Waals surface area contributed by atoms with Crippen LogP contribution in [0.2, 0.25) is 0 Å². The number of nitrogens with zero attached hydrogens (tertiary/aromatic N) is 2. The SMILES string of the molecule is COc1ccc(CNC(=O)CN2CCC3(CC2)N=C(c2ccc(C(C)(C)C)cc2)C(=O)N3)cc1. The van der Waals surface area contributed by atoms with Crippen LogP contribution in [0.1, 0.15) is 50.3 Å². The molecule has 2 amide bonds. The normalized spacial score (nSPS) is 17.9. The highest BCUT2D eigenvalue weighted by atomic mass is 16.5. The van der Waals surface area contributed by atoms with Crippen molar-refractivity contribution in [2.75, 3.05) is 26.7 Å². The largest absolute Gasteiger partial charge is 0.497 e. The van der Waals surface area contributed by atoms with Gasteiger partial charge in [-0.2, -0.15) is 0 Å². The van der Waals surface area contributed by atoms with Gasteiger partial charge in [0.2, 0.25) is 5.91 Å². The lowest BCUT2D eigenvalue weighted by Crippen LogP contribution is -2.52. The second-order valence-electron chi connectivity index (χ2n) is 10.2. The number of hydrogen-bond acceptors (Lipinski definition) is 5. The number of carbonyl (C=O) groups is 2. The summed E-state index contributed by atoms with van der Waals surface area (Å²) in [6.07, 6.45) is 1.38. The van der Waals surface area contributed by atoms with Gasteiger partial charge in [0.15, 0.2) is 0 Å².